The summed E-state index contributed by atoms with van der Waals surface area (Å²) in [6.07, 6.45) is -1.44. The van der Waals surface area contributed by atoms with Crippen LogP contribution in [0.1, 0.15) is 27.4 Å². The second-order valence-corrected chi connectivity index (χ2v) is 4.38. The molecule has 0 amide bonds. The lowest BCUT2D eigenvalue weighted by Crippen LogP contribution is -2.25. The molecule has 1 aromatic carbocycles. The Bertz CT molecular complexity index is 473. The van der Waals surface area contributed by atoms with Crippen LogP contribution in [-0.2, 0) is 19.0 Å². The molecule has 1 aromatic rings. The van der Waals surface area contributed by atoms with Crippen LogP contribution in [-0.4, -0.2) is 56.9 Å². The molecule has 1 rings (SSSR count). The first-order chi connectivity index (χ1) is 10.5. The largest absolute Gasteiger partial charge is 0.465 e. The highest BCUT2D eigenvalue weighted by Gasteiger charge is 2.23. The average molecular weight is 314 g/mol. The molecular formula is C15H22O7. The van der Waals surface area contributed by atoms with Crippen LogP contribution in [0.3, 0.4) is 0 Å². The highest BCUT2D eigenvalue weighted by molar-refractivity contribution is 5.89. The van der Waals surface area contributed by atoms with Gasteiger partial charge in [0.1, 0.15) is 0 Å². The summed E-state index contributed by atoms with van der Waals surface area (Å²) in [6.45, 7) is 1.44. The maximum Gasteiger partial charge on any atom is 0.337 e. The molecule has 124 valence electrons. The summed E-state index contributed by atoms with van der Waals surface area (Å²) in [5.41, 5.74) is 1.63. The van der Waals surface area contributed by atoms with E-state index in [-0.39, 0.29) is 6.47 Å². The quantitative estimate of drug-likeness (QED) is 0.450. The molecule has 2 unspecified atom stereocenters. The van der Waals surface area contributed by atoms with E-state index in [4.69, 9.17) is 0 Å². The maximum atomic E-state index is 11.4. The molecule has 0 aliphatic rings. The second-order valence-electron chi connectivity index (χ2n) is 4.38. The van der Waals surface area contributed by atoms with Gasteiger partial charge in [-0.25, -0.2) is 4.79 Å². The van der Waals surface area contributed by atoms with Crippen LogP contribution in [0.2, 0.25) is 0 Å². The molecule has 0 saturated heterocycles. The molecule has 0 bridgehead atoms. The van der Waals surface area contributed by atoms with Crippen molar-refractivity contribution in [2.75, 3.05) is 27.9 Å². The second kappa shape index (κ2) is 10.7. The number of ether oxygens (including phenoxy) is 3. The van der Waals surface area contributed by atoms with Crippen molar-refractivity contribution in [3.05, 3.63) is 34.9 Å². The Balaban J connectivity index is 0.00000135. The van der Waals surface area contributed by atoms with Crippen LogP contribution in [0.15, 0.2) is 18.2 Å². The molecule has 7 nitrogen and oxygen atoms in total. The van der Waals surface area contributed by atoms with Crippen molar-refractivity contribution >= 4 is 12.4 Å². The Labute approximate surface area is 129 Å². The summed E-state index contributed by atoms with van der Waals surface area (Å²) in [6, 6.07) is 4.68. The highest BCUT2D eigenvalue weighted by atomic mass is 16.6. The van der Waals surface area contributed by atoms with E-state index in [2.05, 4.69) is 14.2 Å². The summed E-state index contributed by atoms with van der Waals surface area (Å²) >= 11 is 0. The first-order valence-electron chi connectivity index (χ1n) is 6.43. The number of aliphatic hydroxyl groups excluding tert-OH is 2. The number of hydrogen-bond acceptors (Lipinski definition) is 7. The van der Waals surface area contributed by atoms with E-state index in [1.807, 2.05) is 0 Å². The first-order valence-corrected chi connectivity index (χ1v) is 6.43. The zero-order valence-electron chi connectivity index (χ0n) is 13.1. The minimum Gasteiger partial charge on any atom is -0.465 e. The number of benzene rings is 1. The lowest BCUT2D eigenvalue weighted by Gasteiger charge is -2.21. The molecule has 2 atom stereocenters. The van der Waals surface area contributed by atoms with Crippen LogP contribution < -0.4 is 0 Å². The van der Waals surface area contributed by atoms with E-state index in [9.17, 15) is 19.8 Å². The van der Waals surface area contributed by atoms with Crippen molar-refractivity contribution in [2.45, 2.75) is 19.1 Å². The van der Waals surface area contributed by atoms with Gasteiger partial charge in [-0.3, -0.25) is 4.79 Å². The molecule has 0 heterocycles. The van der Waals surface area contributed by atoms with Gasteiger partial charge in [0.15, 0.2) is 0 Å². The number of aliphatic hydroxyl groups is 2. The zero-order chi connectivity index (χ0) is 17.1. The third-order valence-electron chi connectivity index (χ3n) is 2.83. The monoisotopic (exact) mass is 314 g/mol. The number of methoxy groups -OCH3 is 2. The minimum absolute atomic E-state index is 0.117. The molecule has 0 saturated carbocycles. The van der Waals surface area contributed by atoms with E-state index in [0.717, 1.165) is 0 Å². The van der Waals surface area contributed by atoms with Crippen LogP contribution in [0.25, 0.3) is 0 Å². The number of carbonyl (C=O) groups is 2. The van der Waals surface area contributed by atoms with Gasteiger partial charge in [-0.1, -0.05) is 6.07 Å². The topological polar surface area (TPSA) is 102 Å². The van der Waals surface area contributed by atoms with Crippen molar-refractivity contribution in [2.24, 2.45) is 0 Å². The van der Waals surface area contributed by atoms with Gasteiger partial charge in [-0.2, -0.15) is 0 Å². The van der Waals surface area contributed by atoms with Gasteiger partial charge in [0.2, 0.25) is 6.29 Å². The van der Waals surface area contributed by atoms with Gasteiger partial charge in [0.25, 0.3) is 6.47 Å². The predicted molar refractivity (Wildman–Crippen MR) is 78.4 cm³/mol. The third kappa shape index (κ3) is 5.80. The fourth-order valence-electron chi connectivity index (χ4n) is 1.83. The smallest absolute Gasteiger partial charge is 0.337 e. The lowest BCUT2D eigenvalue weighted by atomic mass is 9.93. The molecule has 2 N–H and O–H groups in total. The lowest BCUT2D eigenvalue weighted by molar-refractivity contribution is -0.157. The number of rotatable bonds is 6. The molecule has 0 aliphatic carbocycles. The van der Waals surface area contributed by atoms with Gasteiger partial charge in [0.05, 0.1) is 25.2 Å². The fourth-order valence-corrected chi connectivity index (χ4v) is 1.83. The number of esters is 1. The maximum absolute atomic E-state index is 11.4. The highest BCUT2D eigenvalue weighted by Crippen LogP contribution is 2.24. The molecule has 0 aliphatic heterocycles. The minimum atomic E-state index is -1.44. The van der Waals surface area contributed by atoms with Gasteiger partial charge in [-0.15, -0.1) is 0 Å². The SMILES string of the molecule is COC.COC(=O)c1ccc(C(CO)C(O)OC=O)c(C)c1. The van der Waals surface area contributed by atoms with Crippen molar-refractivity contribution in [3.8, 4) is 0 Å². The Kier molecular flexibility index (Phi) is 9.77. The van der Waals surface area contributed by atoms with E-state index in [1.165, 1.54) is 13.2 Å². The van der Waals surface area contributed by atoms with E-state index >= 15 is 0 Å². The van der Waals surface area contributed by atoms with Crippen LogP contribution >= 0.6 is 0 Å². The van der Waals surface area contributed by atoms with Crippen molar-refractivity contribution in [1.82, 2.24) is 0 Å². The van der Waals surface area contributed by atoms with Gasteiger partial charge in [0, 0.05) is 14.2 Å². The summed E-state index contributed by atoms with van der Waals surface area (Å²) in [5, 5.41) is 18.9. The Morgan fingerprint density at radius 2 is 1.91 bits per heavy atom. The van der Waals surface area contributed by atoms with Gasteiger partial charge in [-0.05, 0) is 30.2 Å². The number of hydrogen-bond donors (Lipinski definition) is 2. The Morgan fingerprint density at radius 3 is 2.32 bits per heavy atom. The number of carbonyl (C=O) groups excluding carboxylic acids is 2. The standard InChI is InChI=1S/C13H16O6.C2H6O/c1-8-5-9(12(16)18-2)3-4-10(8)11(6-14)13(17)19-7-15;1-3-2/h3-5,7,11,13-14,17H,6H2,1-2H3;1-2H3. The van der Waals surface area contributed by atoms with E-state index in [0.29, 0.717) is 16.7 Å². The molecule has 0 fully saturated rings. The van der Waals surface area contributed by atoms with Crippen molar-refractivity contribution in [3.63, 3.8) is 0 Å². The zero-order valence-corrected chi connectivity index (χ0v) is 13.1. The predicted octanol–water partition coefficient (Wildman–Crippen LogP) is 0.612. The fraction of sp³-hybridized carbons (Fsp3) is 0.467. The molecular weight excluding hydrogens is 292 g/mol. The van der Waals surface area contributed by atoms with Crippen molar-refractivity contribution in [1.29, 1.82) is 0 Å². The van der Waals surface area contributed by atoms with Gasteiger partial charge < -0.3 is 24.4 Å². The summed E-state index contributed by atoms with van der Waals surface area (Å²) in [5.74, 6) is -1.24. The molecule has 7 heteroatoms. The summed E-state index contributed by atoms with van der Waals surface area (Å²) in [7, 11) is 4.53. The van der Waals surface area contributed by atoms with Crippen molar-refractivity contribution < 1.29 is 34.0 Å². The first kappa shape index (κ1) is 20.0. The van der Waals surface area contributed by atoms with Crippen LogP contribution in [0.5, 0.6) is 0 Å². The van der Waals surface area contributed by atoms with Gasteiger partial charge >= 0.3 is 5.97 Å². The normalized spacial score (nSPS) is 12.5. The van der Waals surface area contributed by atoms with Crippen LogP contribution in [0, 0.1) is 6.92 Å². The van der Waals surface area contributed by atoms with Crippen LogP contribution in [0.4, 0.5) is 0 Å². The summed E-state index contributed by atoms with van der Waals surface area (Å²) in [4.78, 5) is 21.6. The average Bonchev–Trinajstić information content (AvgIpc) is 2.49. The third-order valence-corrected chi connectivity index (χ3v) is 2.83. The van der Waals surface area contributed by atoms with E-state index < -0.39 is 24.8 Å². The molecule has 22 heavy (non-hydrogen) atoms. The number of aryl methyl sites for hydroxylation is 1. The van der Waals surface area contributed by atoms with E-state index in [1.54, 1.807) is 33.3 Å². The molecule has 0 aromatic heterocycles. The Morgan fingerprint density at radius 1 is 1.32 bits per heavy atom. The Hall–Kier alpha value is -1.96. The summed E-state index contributed by atoms with van der Waals surface area (Å²) < 4.78 is 13.3. The molecule has 0 radical (unpaired) electrons. The molecule has 0 spiro atoms.